The summed E-state index contributed by atoms with van der Waals surface area (Å²) >= 11 is 8.98. The Kier molecular flexibility index (Phi) is 2.74. The number of aromatic amines is 1. The number of ether oxygens (including phenoxy) is 1. The van der Waals surface area contributed by atoms with E-state index >= 15 is 0 Å². The first-order valence-corrected chi connectivity index (χ1v) is 5.05. The number of halogens is 2. The molecule has 0 atom stereocenters. The van der Waals surface area contributed by atoms with Gasteiger partial charge < -0.3 is 4.74 Å². The normalized spacial score (nSPS) is 10.1. The third-order valence-electron chi connectivity index (χ3n) is 1.55. The van der Waals surface area contributed by atoms with Crippen molar-refractivity contribution >= 4 is 27.5 Å². The molecule has 2 aromatic rings. The highest BCUT2D eigenvalue weighted by atomic mass is 79.9. The van der Waals surface area contributed by atoms with Crippen molar-refractivity contribution in [3.63, 3.8) is 0 Å². The molecule has 5 heteroatoms. The van der Waals surface area contributed by atoms with Gasteiger partial charge in [0.2, 0.25) is 0 Å². The molecule has 72 valence electrons. The Morgan fingerprint density at radius 3 is 2.57 bits per heavy atom. The van der Waals surface area contributed by atoms with Gasteiger partial charge in [0.05, 0.1) is 6.20 Å². The summed E-state index contributed by atoms with van der Waals surface area (Å²) in [4.78, 5) is 6.67. The Bertz CT molecular complexity index is 427. The van der Waals surface area contributed by atoms with Gasteiger partial charge in [0, 0.05) is 4.47 Å². The molecular weight excluding hydrogens is 267 g/mol. The zero-order valence-corrected chi connectivity index (χ0v) is 9.34. The van der Waals surface area contributed by atoms with Crippen LogP contribution in [0.4, 0.5) is 0 Å². The average molecular weight is 274 g/mol. The highest BCUT2D eigenvalue weighted by Gasteiger charge is 2.00. The van der Waals surface area contributed by atoms with E-state index in [-0.39, 0.29) is 0 Å². The van der Waals surface area contributed by atoms with Gasteiger partial charge in [-0.1, -0.05) is 27.5 Å². The van der Waals surface area contributed by atoms with Crippen LogP contribution in [0.3, 0.4) is 0 Å². The number of H-pyrrole nitrogens is 1. The van der Waals surface area contributed by atoms with Gasteiger partial charge in [-0.25, -0.2) is 4.98 Å². The van der Waals surface area contributed by atoms with E-state index in [9.17, 15) is 0 Å². The SMILES string of the molecule is Clc1cnc(Oc2ccc(Br)cc2)[nH]1. The van der Waals surface area contributed by atoms with Crippen LogP contribution in [0, 0.1) is 0 Å². The zero-order chi connectivity index (χ0) is 9.97. The van der Waals surface area contributed by atoms with Crippen molar-refractivity contribution in [3.05, 3.63) is 40.1 Å². The van der Waals surface area contributed by atoms with Crippen molar-refractivity contribution < 1.29 is 4.74 Å². The number of hydrogen-bond donors (Lipinski definition) is 1. The van der Waals surface area contributed by atoms with Crippen molar-refractivity contribution in [1.29, 1.82) is 0 Å². The topological polar surface area (TPSA) is 37.9 Å². The van der Waals surface area contributed by atoms with Gasteiger partial charge in [0.15, 0.2) is 0 Å². The molecule has 14 heavy (non-hydrogen) atoms. The monoisotopic (exact) mass is 272 g/mol. The molecule has 0 unspecified atom stereocenters. The van der Waals surface area contributed by atoms with Crippen molar-refractivity contribution in [2.75, 3.05) is 0 Å². The maximum atomic E-state index is 5.65. The maximum Gasteiger partial charge on any atom is 0.300 e. The number of rotatable bonds is 2. The van der Waals surface area contributed by atoms with E-state index in [1.807, 2.05) is 24.3 Å². The van der Waals surface area contributed by atoms with Crippen molar-refractivity contribution in [2.24, 2.45) is 0 Å². The van der Waals surface area contributed by atoms with Crippen LogP contribution >= 0.6 is 27.5 Å². The highest BCUT2D eigenvalue weighted by molar-refractivity contribution is 9.10. The van der Waals surface area contributed by atoms with Crippen LogP contribution in [-0.4, -0.2) is 9.97 Å². The third-order valence-corrected chi connectivity index (χ3v) is 2.27. The Morgan fingerprint density at radius 1 is 1.29 bits per heavy atom. The summed E-state index contributed by atoms with van der Waals surface area (Å²) in [5.74, 6) is 0.708. The zero-order valence-electron chi connectivity index (χ0n) is 7.00. The minimum absolute atomic E-state index is 0.386. The molecule has 3 nitrogen and oxygen atoms in total. The Morgan fingerprint density at radius 2 is 2.00 bits per heavy atom. The fraction of sp³-hybridized carbons (Fsp3) is 0. The minimum atomic E-state index is 0.386. The molecule has 0 fully saturated rings. The summed E-state index contributed by atoms with van der Waals surface area (Å²) in [5.41, 5.74) is 0. The molecule has 0 spiro atoms. The molecular formula is C9H6BrClN2O. The van der Waals surface area contributed by atoms with E-state index in [1.54, 1.807) is 0 Å². The first-order valence-electron chi connectivity index (χ1n) is 3.88. The molecule has 0 saturated heterocycles. The second kappa shape index (κ2) is 4.02. The van der Waals surface area contributed by atoms with Crippen LogP contribution in [0.15, 0.2) is 34.9 Å². The van der Waals surface area contributed by atoms with Gasteiger partial charge in [-0.15, -0.1) is 0 Å². The molecule has 1 N–H and O–H groups in total. The summed E-state index contributed by atoms with van der Waals surface area (Å²) in [6.45, 7) is 0. The molecule has 1 heterocycles. The van der Waals surface area contributed by atoms with E-state index in [4.69, 9.17) is 16.3 Å². The lowest BCUT2D eigenvalue weighted by Crippen LogP contribution is -1.84. The second-order valence-electron chi connectivity index (χ2n) is 2.59. The predicted molar refractivity (Wildman–Crippen MR) is 57.8 cm³/mol. The van der Waals surface area contributed by atoms with Crippen molar-refractivity contribution in [2.45, 2.75) is 0 Å². The molecule has 0 amide bonds. The van der Waals surface area contributed by atoms with Crippen LogP contribution in [0.2, 0.25) is 5.15 Å². The molecule has 0 aliphatic carbocycles. The predicted octanol–water partition coefficient (Wildman–Crippen LogP) is 3.62. The maximum absolute atomic E-state index is 5.65. The number of nitrogens with zero attached hydrogens (tertiary/aromatic N) is 1. The number of benzene rings is 1. The molecule has 2 rings (SSSR count). The van der Waals surface area contributed by atoms with Crippen LogP contribution < -0.4 is 4.74 Å². The number of nitrogens with one attached hydrogen (secondary N) is 1. The molecule has 0 radical (unpaired) electrons. The van der Waals surface area contributed by atoms with E-state index in [0.29, 0.717) is 16.9 Å². The standard InChI is InChI=1S/C9H6BrClN2O/c10-6-1-3-7(4-2-6)14-9-12-5-8(11)13-9/h1-5H,(H,12,13). The summed E-state index contributed by atoms with van der Waals surface area (Å²) in [6.07, 6.45) is 1.50. The first-order chi connectivity index (χ1) is 6.74. The number of imidazole rings is 1. The van der Waals surface area contributed by atoms with E-state index in [1.165, 1.54) is 6.20 Å². The largest absolute Gasteiger partial charge is 0.426 e. The highest BCUT2D eigenvalue weighted by Crippen LogP contribution is 2.21. The van der Waals surface area contributed by atoms with Gasteiger partial charge in [-0.05, 0) is 24.3 Å². The van der Waals surface area contributed by atoms with E-state index in [2.05, 4.69) is 25.9 Å². The first kappa shape index (κ1) is 9.55. The second-order valence-corrected chi connectivity index (χ2v) is 3.92. The molecule has 0 saturated carbocycles. The van der Waals surface area contributed by atoms with E-state index < -0.39 is 0 Å². The van der Waals surface area contributed by atoms with Crippen molar-refractivity contribution in [3.8, 4) is 11.8 Å². The number of aromatic nitrogens is 2. The lowest BCUT2D eigenvalue weighted by molar-refractivity contribution is 0.447. The van der Waals surface area contributed by atoms with E-state index in [0.717, 1.165) is 4.47 Å². The summed E-state index contributed by atoms with van der Waals surface area (Å²) in [7, 11) is 0. The van der Waals surface area contributed by atoms with Gasteiger partial charge in [0.1, 0.15) is 10.9 Å². The quantitative estimate of drug-likeness (QED) is 0.907. The molecule has 0 bridgehead atoms. The van der Waals surface area contributed by atoms with Crippen LogP contribution in [0.5, 0.6) is 11.8 Å². The van der Waals surface area contributed by atoms with Crippen LogP contribution in [0.1, 0.15) is 0 Å². The molecule has 0 aliphatic rings. The summed E-state index contributed by atoms with van der Waals surface area (Å²) in [6, 6.07) is 7.83. The molecule has 1 aromatic heterocycles. The molecule has 0 aliphatic heterocycles. The van der Waals surface area contributed by atoms with Crippen molar-refractivity contribution in [1.82, 2.24) is 9.97 Å². The van der Waals surface area contributed by atoms with Gasteiger partial charge >= 0.3 is 0 Å². The lowest BCUT2D eigenvalue weighted by atomic mass is 10.3. The fourth-order valence-corrected chi connectivity index (χ4v) is 1.34. The Labute approximate surface area is 94.2 Å². The fourth-order valence-electron chi connectivity index (χ4n) is 0.948. The smallest absolute Gasteiger partial charge is 0.300 e. The lowest BCUT2D eigenvalue weighted by Gasteiger charge is -2.00. The average Bonchev–Trinajstić information content (AvgIpc) is 2.56. The van der Waals surface area contributed by atoms with Gasteiger partial charge in [-0.2, -0.15) is 0 Å². The van der Waals surface area contributed by atoms with Gasteiger partial charge in [0.25, 0.3) is 6.01 Å². The van der Waals surface area contributed by atoms with Crippen LogP contribution in [-0.2, 0) is 0 Å². The molecule has 1 aromatic carbocycles. The van der Waals surface area contributed by atoms with Crippen LogP contribution in [0.25, 0.3) is 0 Å². The Hall–Kier alpha value is -1.00. The third kappa shape index (κ3) is 2.27. The number of hydrogen-bond acceptors (Lipinski definition) is 2. The summed E-state index contributed by atoms with van der Waals surface area (Å²) < 4.78 is 6.38. The van der Waals surface area contributed by atoms with Gasteiger partial charge in [-0.3, -0.25) is 4.98 Å². The summed E-state index contributed by atoms with van der Waals surface area (Å²) in [5, 5.41) is 0.456. The Balaban J connectivity index is 2.15. The minimum Gasteiger partial charge on any atom is -0.426 e.